The third-order valence-corrected chi connectivity index (χ3v) is 3.10. The number of nitrogens with one attached hydrogen (secondary N) is 1. The molecule has 1 N–H and O–H groups in total. The molecule has 18 heavy (non-hydrogen) atoms. The lowest BCUT2D eigenvalue weighted by Crippen LogP contribution is -2.13. The molecule has 0 radical (unpaired) electrons. The molecular weight excluding hydrogens is 249 g/mol. The number of nitrogens with zero attached hydrogens (tertiary/aromatic N) is 2. The monoisotopic (exact) mass is 265 g/mol. The molecule has 2 rings (SSSR count). The van der Waals surface area contributed by atoms with Crippen LogP contribution in [-0.2, 0) is 12.0 Å². The average molecular weight is 265 g/mol. The van der Waals surface area contributed by atoms with E-state index in [-0.39, 0.29) is 11.2 Å². The molecule has 0 amide bonds. The first-order valence-electron chi connectivity index (χ1n) is 5.77. The van der Waals surface area contributed by atoms with Crippen LogP contribution in [0.15, 0.2) is 24.3 Å². The fourth-order valence-electron chi connectivity index (χ4n) is 1.42. The normalized spacial score (nSPS) is 11.6. The SMILES string of the molecule is CC(C)(C)c1nsc(NCc2cccc(F)c2)n1. The van der Waals surface area contributed by atoms with E-state index in [9.17, 15) is 4.39 Å². The minimum absolute atomic E-state index is 0.0463. The first-order valence-corrected chi connectivity index (χ1v) is 6.55. The summed E-state index contributed by atoms with van der Waals surface area (Å²) in [6.45, 7) is 6.78. The maximum atomic E-state index is 13.0. The molecule has 1 aromatic heterocycles. The molecule has 0 aliphatic carbocycles. The smallest absolute Gasteiger partial charge is 0.202 e. The fraction of sp³-hybridized carbons (Fsp3) is 0.385. The maximum Gasteiger partial charge on any atom is 0.202 e. The second kappa shape index (κ2) is 5.02. The van der Waals surface area contributed by atoms with Crippen molar-refractivity contribution in [2.24, 2.45) is 0 Å². The van der Waals surface area contributed by atoms with Crippen LogP contribution in [0.1, 0.15) is 32.2 Å². The van der Waals surface area contributed by atoms with Crippen LogP contribution < -0.4 is 5.32 Å². The van der Waals surface area contributed by atoms with E-state index in [1.54, 1.807) is 6.07 Å². The lowest BCUT2D eigenvalue weighted by atomic mass is 9.96. The van der Waals surface area contributed by atoms with E-state index in [0.717, 1.165) is 16.5 Å². The van der Waals surface area contributed by atoms with Crippen LogP contribution in [-0.4, -0.2) is 9.36 Å². The Hall–Kier alpha value is -1.49. The van der Waals surface area contributed by atoms with Gasteiger partial charge in [-0.15, -0.1) is 0 Å². The third kappa shape index (κ3) is 3.26. The predicted octanol–water partition coefficient (Wildman–Crippen LogP) is 3.59. The fourth-order valence-corrected chi connectivity index (χ4v) is 2.18. The number of rotatable bonds is 3. The van der Waals surface area contributed by atoms with Gasteiger partial charge in [0.05, 0.1) is 0 Å². The largest absolute Gasteiger partial charge is 0.356 e. The summed E-state index contributed by atoms with van der Waals surface area (Å²) in [6.07, 6.45) is 0. The van der Waals surface area contributed by atoms with E-state index in [4.69, 9.17) is 0 Å². The van der Waals surface area contributed by atoms with E-state index < -0.39 is 0 Å². The molecule has 0 spiro atoms. The van der Waals surface area contributed by atoms with E-state index in [1.807, 2.05) is 6.07 Å². The number of anilines is 1. The molecule has 0 saturated heterocycles. The van der Waals surface area contributed by atoms with E-state index in [1.165, 1.54) is 23.7 Å². The second-order valence-corrected chi connectivity index (χ2v) is 5.91. The number of hydrogen-bond donors (Lipinski definition) is 1. The molecule has 3 nitrogen and oxygen atoms in total. The van der Waals surface area contributed by atoms with Crippen LogP contribution in [0.2, 0.25) is 0 Å². The molecule has 0 bridgehead atoms. The van der Waals surface area contributed by atoms with Crippen LogP contribution >= 0.6 is 11.5 Å². The van der Waals surface area contributed by atoms with Gasteiger partial charge in [0.2, 0.25) is 5.13 Å². The number of benzene rings is 1. The molecule has 1 aromatic carbocycles. The molecular formula is C13H16FN3S. The molecule has 96 valence electrons. The predicted molar refractivity (Wildman–Crippen MR) is 72.3 cm³/mol. The van der Waals surface area contributed by atoms with Crippen LogP contribution in [0.4, 0.5) is 9.52 Å². The highest BCUT2D eigenvalue weighted by atomic mass is 32.1. The summed E-state index contributed by atoms with van der Waals surface area (Å²) in [5, 5.41) is 3.93. The minimum atomic E-state index is -0.220. The van der Waals surface area contributed by atoms with E-state index in [2.05, 4.69) is 35.4 Å². The lowest BCUT2D eigenvalue weighted by molar-refractivity contribution is 0.555. The van der Waals surface area contributed by atoms with Crippen molar-refractivity contribution in [1.82, 2.24) is 9.36 Å². The Morgan fingerprint density at radius 1 is 1.33 bits per heavy atom. The zero-order valence-electron chi connectivity index (χ0n) is 10.7. The van der Waals surface area contributed by atoms with E-state index in [0.29, 0.717) is 6.54 Å². The van der Waals surface area contributed by atoms with Crippen molar-refractivity contribution in [3.05, 3.63) is 41.5 Å². The van der Waals surface area contributed by atoms with Crippen molar-refractivity contribution in [3.8, 4) is 0 Å². The molecule has 2 aromatic rings. The van der Waals surface area contributed by atoms with Crippen LogP contribution in [0.5, 0.6) is 0 Å². The Bertz CT molecular complexity index is 531. The number of hydrogen-bond acceptors (Lipinski definition) is 4. The summed E-state index contributed by atoms with van der Waals surface area (Å²) in [5.74, 6) is 0.608. The molecule has 0 aliphatic heterocycles. The summed E-state index contributed by atoms with van der Waals surface area (Å²) in [5.41, 5.74) is 0.845. The van der Waals surface area contributed by atoms with Crippen molar-refractivity contribution in [1.29, 1.82) is 0 Å². The van der Waals surface area contributed by atoms with Gasteiger partial charge in [-0.2, -0.15) is 4.37 Å². The Labute approximate surface area is 110 Å². The van der Waals surface area contributed by atoms with Crippen LogP contribution in [0, 0.1) is 5.82 Å². The van der Waals surface area contributed by atoms with Crippen molar-refractivity contribution in [3.63, 3.8) is 0 Å². The summed E-state index contributed by atoms with van der Waals surface area (Å²) >= 11 is 1.33. The highest BCUT2D eigenvalue weighted by molar-refractivity contribution is 7.09. The van der Waals surface area contributed by atoms with Crippen molar-refractivity contribution < 1.29 is 4.39 Å². The quantitative estimate of drug-likeness (QED) is 0.921. The van der Waals surface area contributed by atoms with Crippen molar-refractivity contribution >= 4 is 16.7 Å². The highest BCUT2D eigenvalue weighted by Gasteiger charge is 2.19. The lowest BCUT2D eigenvalue weighted by Gasteiger charge is -2.12. The molecule has 0 atom stereocenters. The van der Waals surface area contributed by atoms with Gasteiger partial charge in [0.1, 0.15) is 11.6 Å². The number of aromatic nitrogens is 2. The van der Waals surface area contributed by atoms with Gasteiger partial charge in [-0.1, -0.05) is 32.9 Å². The maximum absolute atomic E-state index is 13.0. The Morgan fingerprint density at radius 3 is 2.72 bits per heavy atom. The van der Waals surface area contributed by atoms with E-state index >= 15 is 0 Å². The van der Waals surface area contributed by atoms with Crippen molar-refractivity contribution in [2.75, 3.05) is 5.32 Å². The van der Waals surface area contributed by atoms with Crippen LogP contribution in [0.25, 0.3) is 0 Å². The Kier molecular flexibility index (Phi) is 3.61. The van der Waals surface area contributed by atoms with Gasteiger partial charge in [0, 0.05) is 23.5 Å². The average Bonchev–Trinajstić information content (AvgIpc) is 2.74. The van der Waals surface area contributed by atoms with Crippen LogP contribution in [0.3, 0.4) is 0 Å². The van der Waals surface area contributed by atoms with Gasteiger partial charge in [0.15, 0.2) is 0 Å². The molecule has 0 unspecified atom stereocenters. The van der Waals surface area contributed by atoms with Gasteiger partial charge in [0.25, 0.3) is 0 Å². The first kappa shape index (κ1) is 13.0. The van der Waals surface area contributed by atoms with Gasteiger partial charge in [-0.05, 0) is 17.7 Å². The Morgan fingerprint density at radius 2 is 2.11 bits per heavy atom. The minimum Gasteiger partial charge on any atom is -0.356 e. The molecule has 0 saturated carbocycles. The molecule has 0 aliphatic rings. The molecule has 1 heterocycles. The van der Waals surface area contributed by atoms with Gasteiger partial charge < -0.3 is 5.32 Å². The second-order valence-electron chi connectivity index (χ2n) is 5.16. The summed E-state index contributed by atoms with van der Waals surface area (Å²) < 4.78 is 17.3. The molecule has 5 heteroatoms. The van der Waals surface area contributed by atoms with Gasteiger partial charge in [-0.25, -0.2) is 9.37 Å². The summed E-state index contributed by atoms with van der Waals surface area (Å²) in [4.78, 5) is 4.42. The first-order chi connectivity index (χ1) is 8.45. The van der Waals surface area contributed by atoms with Gasteiger partial charge in [-0.3, -0.25) is 0 Å². The summed E-state index contributed by atoms with van der Waals surface area (Å²) in [7, 11) is 0. The van der Waals surface area contributed by atoms with Crippen molar-refractivity contribution in [2.45, 2.75) is 32.7 Å². The highest BCUT2D eigenvalue weighted by Crippen LogP contribution is 2.23. The zero-order chi connectivity index (χ0) is 13.2. The summed E-state index contributed by atoms with van der Waals surface area (Å²) in [6, 6.07) is 6.53. The zero-order valence-corrected chi connectivity index (χ0v) is 11.5. The molecule has 0 fully saturated rings. The standard InChI is InChI=1S/C13H16FN3S/c1-13(2,3)11-16-12(18-17-11)15-8-9-5-4-6-10(14)7-9/h4-7H,8H2,1-3H3,(H,15,16,17). The topological polar surface area (TPSA) is 37.8 Å². The van der Waals surface area contributed by atoms with Gasteiger partial charge >= 0.3 is 0 Å². The third-order valence-electron chi connectivity index (χ3n) is 2.43. The Balaban J connectivity index is 2.01. The number of halogens is 1.